The zero-order chi connectivity index (χ0) is 22.0. The van der Waals surface area contributed by atoms with Gasteiger partial charge in [-0.15, -0.1) is 0 Å². The number of hydrogen-bond donors (Lipinski definition) is 2. The van der Waals surface area contributed by atoms with Crippen LogP contribution >= 0.6 is 15.9 Å². The number of amides is 1. The van der Waals surface area contributed by atoms with Crippen LogP contribution < -0.4 is 11.1 Å². The van der Waals surface area contributed by atoms with Crippen LogP contribution in [0.5, 0.6) is 0 Å². The van der Waals surface area contributed by atoms with Crippen molar-refractivity contribution in [3.05, 3.63) is 29.3 Å². The fraction of sp³-hybridized carbons (Fsp3) is 0.731. The van der Waals surface area contributed by atoms with Gasteiger partial charge in [0.05, 0.1) is 0 Å². The van der Waals surface area contributed by atoms with Crippen molar-refractivity contribution in [2.45, 2.75) is 115 Å². The number of nitrogens with one attached hydrogen (secondary N) is 1. The highest BCUT2D eigenvalue weighted by Crippen LogP contribution is 2.33. The summed E-state index contributed by atoms with van der Waals surface area (Å²) in [7, 11) is 0. The van der Waals surface area contributed by atoms with Crippen LogP contribution in [0.4, 0.5) is 5.69 Å². The summed E-state index contributed by atoms with van der Waals surface area (Å²) in [6, 6.07) is 5.72. The van der Waals surface area contributed by atoms with Crippen LogP contribution in [-0.4, -0.2) is 12.5 Å². The van der Waals surface area contributed by atoms with Crippen LogP contribution in [0.2, 0.25) is 0 Å². The molecule has 0 radical (unpaired) electrons. The fourth-order valence-electron chi connectivity index (χ4n) is 3.90. The van der Waals surface area contributed by atoms with Gasteiger partial charge in [-0.05, 0) is 36.6 Å². The molecule has 172 valence electrons. The molecule has 0 saturated carbocycles. The first-order valence-corrected chi connectivity index (χ1v) is 13.3. The molecule has 0 saturated heterocycles. The van der Waals surface area contributed by atoms with E-state index in [0.29, 0.717) is 5.56 Å². The number of primary amides is 1. The third-order valence-corrected chi connectivity index (χ3v) is 7.02. The number of halogens is 1. The number of nitrogens with two attached hydrogens (primary N) is 1. The van der Waals surface area contributed by atoms with E-state index in [2.05, 4.69) is 35.1 Å². The van der Waals surface area contributed by atoms with E-state index >= 15 is 0 Å². The van der Waals surface area contributed by atoms with Crippen LogP contribution in [0, 0.1) is 0 Å². The first-order chi connectivity index (χ1) is 14.6. The van der Waals surface area contributed by atoms with Crippen molar-refractivity contribution in [1.29, 1.82) is 0 Å². The Labute approximate surface area is 194 Å². The number of rotatable bonds is 19. The van der Waals surface area contributed by atoms with E-state index in [1.807, 2.05) is 18.2 Å². The maximum atomic E-state index is 11.5. The number of unbranched alkanes of at least 4 members (excludes halogenated alkanes) is 13. The molecule has 1 atom stereocenters. The zero-order valence-corrected chi connectivity index (χ0v) is 21.1. The average Bonchev–Trinajstić information content (AvgIpc) is 2.75. The van der Waals surface area contributed by atoms with E-state index < -0.39 is 0 Å². The van der Waals surface area contributed by atoms with Gasteiger partial charge in [0.15, 0.2) is 0 Å². The highest BCUT2D eigenvalue weighted by atomic mass is 79.9. The average molecular weight is 482 g/mol. The lowest BCUT2D eigenvalue weighted by molar-refractivity contribution is 0.1000. The molecular weight excluding hydrogens is 436 g/mol. The van der Waals surface area contributed by atoms with Gasteiger partial charge in [-0.2, -0.15) is 0 Å². The monoisotopic (exact) mass is 480 g/mol. The minimum atomic E-state index is -0.370. The van der Waals surface area contributed by atoms with Gasteiger partial charge in [-0.3, -0.25) is 4.79 Å². The minimum absolute atomic E-state index is 0.232. The number of carbonyl (C=O) groups excluding carboxylic acids is 1. The van der Waals surface area contributed by atoms with Gasteiger partial charge in [0, 0.05) is 22.6 Å². The highest BCUT2D eigenvalue weighted by molar-refractivity contribution is 9.09. The molecule has 3 nitrogen and oxygen atoms in total. The van der Waals surface area contributed by atoms with Crippen molar-refractivity contribution in [1.82, 2.24) is 0 Å². The van der Waals surface area contributed by atoms with Crippen LogP contribution in [-0.2, 0) is 0 Å². The third-order valence-electron chi connectivity index (χ3n) is 5.88. The van der Waals surface area contributed by atoms with Gasteiger partial charge in [-0.1, -0.05) is 113 Å². The van der Waals surface area contributed by atoms with Gasteiger partial charge >= 0.3 is 0 Å². The van der Waals surface area contributed by atoms with Crippen molar-refractivity contribution >= 4 is 27.5 Å². The van der Waals surface area contributed by atoms with Gasteiger partial charge in [0.25, 0.3) is 0 Å². The Morgan fingerprint density at radius 3 is 1.83 bits per heavy atom. The number of carbonyl (C=O) groups is 1. The molecule has 30 heavy (non-hydrogen) atoms. The van der Waals surface area contributed by atoms with Crippen LogP contribution in [0.15, 0.2) is 18.2 Å². The van der Waals surface area contributed by atoms with Crippen molar-refractivity contribution in [2.75, 3.05) is 11.9 Å². The van der Waals surface area contributed by atoms with Crippen molar-refractivity contribution in [2.24, 2.45) is 5.73 Å². The Balaban J connectivity index is 2.08. The zero-order valence-electron chi connectivity index (χ0n) is 19.5. The summed E-state index contributed by atoms with van der Waals surface area (Å²) in [5, 5.41) is 3.56. The summed E-state index contributed by atoms with van der Waals surface area (Å²) >= 11 is 3.71. The van der Waals surface area contributed by atoms with Crippen LogP contribution in [0.25, 0.3) is 0 Å². The molecule has 3 N–H and O–H groups in total. The molecule has 0 aliphatic carbocycles. The highest BCUT2D eigenvalue weighted by Gasteiger charge is 2.13. The number of benzene rings is 1. The topological polar surface area (TPSA) is 55.1 Å². The summed E-state index contributed by atoms with van der Waals surface area (Å²) in [5.41, 5.74) is 8.24. The molecule has 1 aromatic rings. The van der Waals surface area contributed by atoms with Gasteiger partial charge in [0.2, 0.25) is 5.91 Å². The summed E-state index contributed by atoms with van der Waals surface area (Å²) < 4.78 is 0. The standard InChI is InChI=1S/C26H45BrN2O/c1-3-5-6-7-8-9-10-11-12-13-14-15-16-17-20-29-25-19-18-22(26(28)30)21-23(25)24(27)4-2/h18-19,21,24,29H,3-17,20H2,1-2H3,(H2,28,30). The lowest BCUT2D eigenvalue weighted by Gasteiger charge is -2.16. The fourth-order valence-corrected chi connectivity index (χ4v) is 4.28. The second-order valence-electron chi connectivity index (χ2n) is 8.57. The summed E-state index contributed by atoms with van der Waals surface area (Å²) in [4.78, 5) is 11.7. The van der Waals surface area contributed by atoms with Gasteiger partial charge in [-0.25, -0.2) is 0 Å². The lowest BCUT2D eigenvalue weighted by Crippen LogP contribution is -2.13. The largest absolute Gasteiger partial charge is 0.385 e. The molecule has 4 heteroatoms. The van der Waals surface area contributed by atoms with Gasteiger partial charge in [0.1, 0.15) is 0 Å². The molecule has 1 rings (SSSR count). The Morgan fingerprint density at radius 2 is 1.37 bits per heavy atom. The van der Waals surface area contributed by atoms with Crippen LogP contribution in [0.1, 0.15) is 131 Å². The third kappa shape index (κ3) is 12.0. The quantitative estimate of drug-likeness (QED) is 0.154. The lowest BCUT2D eigenvalue weighted by atomic mass is 10.0. The van der Waals surface area contributed by atoms with Crippen molar-refractivity contribution in [3.63, 3.8) is 0 Å². The summed E-state index contributed by atoms with van der Waals surface area (Å²) in [6.07, 6.45) is 20.3. The first kappa shape index (κ1) is 27.0. The molecular formula is C26H45BrN2O. The molecule has 0 aliphatic rings. The van der Waals surface area contributed by atoms with Crippen LogP contribution in [0.3, 0.4) is 0 Å². The SMILES string of the molecule is CCCCCCCCCCCCCCCCNc1ccc(C(N)=O)cc1C(Br)CC. The first-order valence-electron chi connectivity index (χ1n) is 12.4. The van der Waals surface area contributed by atoms with E-state index in [1.165, 1.54) is 89.9 Å². The predicted octanol–water partition coefficient (Wildman–Crippen LogP) is 8.52. The Hall–Kier alpha value is -1.03. The Bertz CT molecular complexity index is 576. The van der Waals surface area contributed by atoms with Crippen molar-refractivity contribution in [3.8, 4) is 0 Å². The summed E-state index contributed by atoms with van der Waals surface area (Å²) in [5.74, 6) is -0.370. The van der Waals surface area contributed by atoms with E-state index in [1.54, 1.807) is 0 Å². The second-order valence-corrected chi connectivity index (χ2v) is 9.67. The smallest absolute Gasteiger partial charge is 0.248 e. The molecule has 0 aromatic heterocycles. The maximum Gasteiger partial charge on any atom is 0.248 e. The number of hydrogen-bond acceptors (Lipinski definition) is 2. The van der Waals surface area contributed by atoms with E-state index in [-0.39, 0.29) is 10.7 Å². The molecule has 0 bridgehead atoms. The maximum absolute atomic E-state index is 11.5. The molecule has 0 heterocycles. The molecule has 0 fully saturated rings. The van der Waals surface area contributed by atoms with E-state index in [4.69, 9.17) is 5.73 Å². The molecule has 1 unspecified atom stereocenters. The normalized spacial score (nSPS) is 12.1. The minimum Gasteiger partial charge on any atom is -0.385 e. The second kappa shape index (κ2) is 17.6. The number of anilines is 1. The Morgan fingerprint density at radius 1 is 0.867 bits per heavy atom. The molecule has 1 amide bonds. The van der Waals surface area contributed by atoms with E-state index in [0.717, 1.165) is 24.2 Å². The number of alkyl halides is 1. The predicted molar refractivity (Wildman–Crippen MR) is 136 cm³/mol. The van der Waals surface area contributed by atoms with Gasteiger partial charge < -0.3 is 11.1 Å². The van der Waals surface area contributed by atoms with Crippen molar-refractivity contribution < 1.29 is 4.79 Å². The molecule has 0 spiro atoms. The summed E-state index contributed by atoms with van der Waals surface area (Å²) in [6.45, 7) is 5.39. The molecule has 0 aliphatic heterocycles. The van der Waals surface area contributed by atoms with E-state index in [9.17, 15) is 4.79 Å². The molecule has 1 aromatic carbocycles. The Kier molecular flexibility index (Phi) is 15.9.